The molecule has 2 N–H and O–H groups in total. The molecule has 0 bridgehead atoms. The van der Waals surface area contributed by atoms with Gasteiger partial charge in [0.05, 0.1) is 25.4 Å². The molecule has 2 fully saturated rings. The quantitative estimate of drug-likeness (QED) is 0.381. The van der Waals surface area contributed by atoms with E-state index < -0.39 is 0 Å². The fraction of sp³-hybridized carbons (Fsp3) is 0.933. The van der Waals surface area contributed by atoms with E-state index in [1.54, 1.807) is 7.05 Å². The normalized spacial score (nSPS) is 27.1. The largest absolute Gasteiger partial charge is 0.379 e. The summed E-state index contributed by atoms with van der Waals surface area (Å²) < 4.78 is 16.7. The Hall–Kier alpha value is -0.890. The highest BCUT2D eigenvalue weighted by Crippen LogP contribution is 2.07. The van der Waals surface area contributed by atoms with Crippen LogP contribution in [-0.4, -0.2) is 89.8 Å². The molecule has 2 unspecified atom stereocenters. The first-order valence-electron chi connectivity index (χ1n) is 8.22. The van der Waals surface area contributed by atoms with Crippen molar-refractivity contribution in [3.63, 3.8) is 0 Å². The molecule has 0 saturated carbocycles. The summed E-state index contributed by atoms with van der Waals surface area (Å²) in [5.41, 5.74) is 0. The van der Waals surface area contributed by atoms with Gasteiger partial charge < -0.3 is 29.7 Å². The second-order valence-electron chi connectivity index (χ2n) is 5.84. The topological polar surface area (TPSA) is 67.4 Å². The van der Waals surface area contributed by atoms with Gasteiger partial charge in [0.2, 0.25) is 0 Å². The monoisotopic (exact) mass is 314 g/mol. The highest BCUT2D eigenvalue weighted by atomic mass is 16.5. The average Bonchev–Trinajstić information content (AvgIpc) is 3.03. The average molecular weight is 314 g/mol. The van der Waals surface area contributed by atoms with Gasteiger partial charge in [-0.25, -0.2) is 0 Å². The Bertz CT molecular complexity index is 335. The van der Waals surface area contributed by atoms with Crippen LogP contribution in [0.4, 0.5) is 0 Å². The molecule has 7 nitrogen and oxygen atoms in total. The van der Waals surface area contributed by atoms with E-state index in [1.165, 1.54) is 0 Å². The number of aliphatic imine (C=N–C) groups is 1. The molecule has 128 valence electrons. The van der Waals surface area contributed by atoms with Crippen LogP contribution in [0.25, 0.3) is 0 Å². The Morgan fingerprint density at radius 3 is 3.00 bits per heavy atom. The minimum atomic E-state index is 0.225. The first-order chi connectivity index (χ1) is 10.8. The van der Waals surface area contributed by atoms with Crippen molar-refractivity contribution in [2.75, 3.05) is 66.7 Å². The molecule has 2 saturated heterocycles. The first kappa shape index (κ1) is 17.5. The van der Waals surface area contributed by atoms with Crippen molar-refractivity contribution in [2.24, 2.45) is 4.99 Å². The van der Waals surface area contributed by atoms with Crippen LogP contribution in [0.3, 0.4) is 0 Å². The van der Waals surface area contributed by atoms with Gasteiger partial charge in [-0.1, -0.05) is 0 Å². The Morgan fingerprint density at radius 2 is 2.27 bits per heavy atom. The summed E-state index contributed by atoms with van der Waals surface area (Å²) in [6.45, 7) is 6.73. The number of ether oxygens (including phenoxy) is 3. The van der Waals surface area contributed by atoms with E-state index in [4.69, 9.17) is 14.2 Å². The lowest BCUT2D eigenvalue weighted by Gasteiger charge is -2.30. The third-order valence-corrected chi connectivity index (χ3v) is 3.92. The summed E-state index contributed by atoms with van der Waals surface area (Å²) in [5, 5.41) is 6.62. The van der Waals surface area contributed by atoms with Gasteiger partial charge in [-0.05, 0) is 19.9 Å². The third kappa shape index (κ3) is 6.48. The van der Waals surface area contributed by atoms with Gasteiger partial charge in [-0.15, -0.1) is 0 Å². The van der Waals surface area contributed by atoms with Crippen LogP contribution < -0.4 is 10.6 Å². The number of guanidine groups is 1. The minimum Gasteiger partial charge on any atom is -0.379 e. The molecule has 0 amide bonds. The molecule has 0 aromatic carbocycles. The van der Waals surface area contributed by atoms with E-state index >= 15 is 0 Å². The highest BCUT2D eigenvalue weighted by Gasteiger charge is 2.18. The molecule has 0 radical (unpaired) electrons. The van der Waals surface area contributed by atoms with Crippen molar-refractivity contribution in [2.45, 2.75) is 25.0 Å². The minimum absolute atomic E-state index is 0.225. The van der Waals surface area contributed by atoms with Gasteiger partial charge in [0, 0.05) is 46.4 Å². The van der Waals surface area contributed by atoms with Gasteiger partial charge >= 0.3 is 0 Å². The Morgan fingerprint density at radius 1 is 1.36 bits per heavy atom. The van der Waals surface area contributed by atoms with Crippen LogP contribution in [0.15, 0.2) is 4.99 Å². The number of hydrogen-bond acceptors (Lipinski definition) is 5. The van der Waals surface area contributed by atoms with Crippen LogP contribution in [0.2, 0.25) is 0 Å². The van der Waals surface area contributed by atoms with Crippen molar-refractivity contribution >= 4 is 5.96 Å². The molecule has 22 heavy (non-hydrogen) atoms. The van der Waals surface area contributed by atoms with E-state index in [-0.39, 0.29) is 12.2 Å². The van der Waals surface area contributed by atoms with Crippen LogP contribution in [0.1, 0.15) is 12.8 Å². The van der Waals surface area contributed by atoms with Gasteiger partial charge in [0.1, 0.15) is 0 Å². The maximum Gasteiger partial charge on any atom is 0.191 e. The maximum atomic E-state index is 5.73. The zero-order valence-electron chi connectivity index (χ0n) is 13.8. The summed E-state index contributed by atoms with van der Waals surface area (Å²) in [6.07, 6.45) is 2.49. The summed E-state index contributed by atoms with van der Waals surface area (Å²) in [7, 11) is 3.91. The molecule has 2 rings (SSSR count). The van der Waals surface area contributed by atoms with Crippen LogP contribution in [0, 0.1) is 0 Å². The van der Waals surface area contributed by atoms with E-state index in [9.17, 15) is 0 Å². The number of likely N-dealkylation sites (N-methyl/N-ethyl adjacent to an activating group) is 1. The van der Waals surface area contributed by atoms with Gasteiger partial charge in [-0.2, -0.15) is 0 Å². The molecular weight excluding hydrogens is 284 g/mol. The van der Waals surface area contributed by atoms with E-state index in [2.05, 4.69) is 27.6 Å². The predicted octanol–water partition coefficient (Wildman–Crippen LogP) is -0.322. The Balaban J connectivity index is 1.51. The lowest BCUT2D eigenvalue weighted by atomic mass is 10.3. The van der Waals surface area contributed by atoms with Crippen molar-refractivity contribution in [1.29, 1.82) is 0 Å². The lowest BCUT2D eigenvalue weighted by molar-refractivity contribution is -0.0161. The third-order valence-electron chi connectivity index (χ3n) is 3.92. The van der Waals surface area contributed by atoms with Crippen molar-refractivity contribution in [3.8, 4) is 0 Å². The fourth-order valence-corrected chi connectivity index (χ4v) is 2.59. The maximum absolute atomic E-state index is 5.73. The van der Waals surface area contributed by atoms with E-state index in [0.29, 0.717) is 0 Å². The number of nitrogens with zero attached hydrogens (tertiary/aromatic N) is 2. The molecule has 0 aromatic heterocycles. The molecule has 7 heteroatoms. The number of hydrogen-bond donors (Lipinski definition) is 2. The van der Waals surface area contributed by atoms with Crippen LogP contribution in [-0.2, 0) is 14.2 Å². The molecule has 2 atom stereocenters. The molecule has 2 aliphatic rings. The zero-order valence-corrected chi connectivity index (χ0v) is 13.8. The van der Waals surface area contributed by atoms with Gasteiger partial charge in [-0.3, -0.25) is 4.99 Å². The lowest BCUT2D eigenvalue weighted by Crippen LogP contribution is -2.48. The highest BCUT2D eigenvalue weighted by molar-refractivity contribution is 5.79. The van der Waals surface area contributed by atoms with Crippen molar-refractivity contribution in [1.82, 2.24) is 15.5 Å². The van der Waals surface area contributed by atoms with Crippen LogP contribution in [0.5, 0.6) is 0 Å². The van der Waals surface area contributed by atoms with Crippen molar-refractivity contribution in [3.05, 3.63) is 0 Å². The predicted molar refractivity (Wildman–Crippen MR) is 86.4 cm³/mol. The van der Waals surface area contributed by atoms with Crippen molar-refractivity contribution < 1.29 is 14.2 Å². The first-order valence-corrected chi connectivity index (χ1v) is 8.22. The Kier molecular flexibility index (Phi) is 7.93. The molecule has 0 aliphatic carbocycles. The van der Waals surface area contributed by atoms with E-state index in [0.717, 1.165) is 71.4 Å². The smallest absolute Gasteiger partial charge is 0.191 e. The second-order valence-corrected chi connectivity index (χ2v) is 5.84. The molecule has 0 spiro atoms. The molecule has 0 aromatic rings. The molecule has 2 aliphatic heterocycles. The van der Waals surface area contributed by atoms with E-state index in [1.807, 2.05) is 0 Å². The number of morpholine rings is 1. The number of nitrogens with one attached hydrogen (secondary N) is 2. The Labute approximate surface area is 133 Å². The standard InChI is InChI=1S/C15H30N4O3/c1-16-15(18-10-14-11-19(2)6-9-22-14)17-5-3-7-21-13-4-8-20-12-13/h13-14H,3-12H2,1-2H3,(H2,16,17,18). The summed E-state index contributed by atoms with van der Waals surface area (Å²) in [6, 6.07) is 0. The molecule has 2 heterocycles. The molecular formula is C15H30N4O3. The zero-order chi connectivity index (χ0) is 15.6. The SMILES string of the molecule is CN=C(NCCCOC1CCOC1)NCC1CN(C)CCO1. The summed E-state index contributed by atoms with van der Waals surface area (Å²) in [5.74, 6) is 0.820. The second kappa shape index (κ2) is 9.99. The summed E-state index contributed by atoms with van der Waals surface area (Å²) in [4.78, 5) is 6.52. The fourth-order valence-electron chi connectivity index (χ4n) is 2.59. The van der Waals surface area contributed by atoms with Gasteiger partial charge in [0.15, 0.2) is 5.96 Å². The van der Waals surface area contributed by atoms with Crippen LogP contribution >= 0.6 is 0 Å². The van der Waals surface area contributed by atoms with Gasteiger partial charge in [0.25, 0.3) is 0 Å². The number of rotatable bonds is 7. The summed E-state index contributed by atoms with van der Waals surface area (Å²) >= 11 is 0.